The van der Waals surface area contributed by atoms with Gasteiger partial charge < -0.3 is 0 Å². The Bertz CT molecular complexity index is 799. The van der Waals surface area contributed by atoms with Crippen molar-refractivity contribution in [1.82, 2.24) is 9.58 Å². The molecule has 2 atom stereocenters. The van der Waals surface area contributed by atoms with Gasteiger partial charge in [-0.15, -0.1) is 5.10 Å². The van der Waals surface area contributed by atoms with Crippen LogP contribution in [0.15, 0.2) is 23.3 Å². The molecule has 0 N–H and O–H groups in total. The zero-order valence-electron chi connectivity index (χ0n) is 13.9. The molecule has 1 aliphatic heterocycles. The SMILES string of the molecule is CCCN1CCCC2c3cccc4c3c(c(C)n4N=C=S)C[C@H]21. The molecule has 1 aromatic carbocycles. The summed E-state index contributed by atoms with van der Waals surface area (Å²) < 4.78 is 1.99. The number of likely N-dealkylation sites (tertiary alicyclic amines) is 1. The number of piperidine rings is 1. The second kappa shape index (κ2) is 5.86. The van der Waals surface area contributed by atoms with Crippen molar-refractivity contribution in [3.63, 3.8) is 0 Å². The van der Waals surface area contributed by atoms with Crippen LogP contribution in [0.4, 0.5) is 0 Å². The first kappa shape index (κ1) is 15.1. The highest BCUT2D eigenvalue weighted by Gasteiger charge is 2.38. The Kier molecular flexibility index (Phi) is 3.84. The van der Waals surface area contributed by atoms with Gasteiger partial charge in [0, 0.05) is 23.0 Å². The van der Waals surface area contributed by atoms with E-state index in [0.29, 0.717) is 12.0 Å². The largest absolute Gasteiger partial charge is 0.299 e. The smallest absolute Gasteiger partial charge is 0.0854 e. The zero-order valence-corrected chi connectivity index (χ0v) is 14.7. The molecule has 1 unspecified atom stereocenters. The zero-order chi connectivity index (χ0) is 16.0. The summed E-state index contributed by atoms with van der Waals surface area (Å²) >= 11 is 4.86. The molecule has 2 aromatic rings. The van der Waals surface area contributed by atoms with E-state index in [0.717, 1.165) is 6.42 Å². The fourth-order valence-corrected chi connectivity index (χ4v) is 4.90. The van der Waals surface area contributed by atoms with Gasteiger partial charge in [0.05, 0.1) is 10.7 Å². The minimum atomic E-state index is 0.646. The summed E-state index contributed by atoms with van der Waals surface area (Å²) in [7, 11) is 0. The average molecular weight is 325 g/mol. The van der Waals surface area contributed by atoms with Crippen molar-refractivity contribution < 1.29 is 0 Å². The topological polar surface area (TPSA) is 20.5 Å². The third-order valence-electron chi connectivity index (χ3n) is 5.72. The predicted molar refractivity (Wildman–Crippen MR) is 98.4 cm³/mol. The van der Waals surface area contributed by atoms with Crippen molar-refractivity contribution in [3.05, 3.63) is 35.0 Å². The minimum Gasteiger partial charge on any atom is -0.299 e. The molecule has 1 saturated heterocycles. The van der Waals surface area contributed by atoms with Crippen molar-refractivity contribution >= 4 is 28.3 Å². The first-order chi connectivity index (χ1) is 11.3. The Hall–Kier alpha value is -1.48. The van der Waals surface area contributed by atoms with Gasteiger partial charge in [0.1, 0.15) is 0 Å². The van der Waals surface area contributed by atoms with Crippen LogP contribution >= 0.6 is 12.2 Å². The van der Waals surface area contributed by atoms with Gasteiger partial charge in [0.25, 0.3) is 0 Å². The molecule has 0 spiro atoms. The maximum atomic E-state index is 4.86. The van der Waals surface area contributed by atoms with Crippen LogP contribution in [0.5, 0.6) is 0 Å². The van der Waals surface area contributed by atoms with Gasteiger partial charge in [-0.1, -0.05) is 19.1 Å². The van der Waals surface area contributed by atoms with Gasteiger partial charge in [-0.25, -0.2) is 4.68 Å². The molecule has 2 heterocycles. The van der Waals surface area contributed by atoms with Crippen LogP contribution in [0.3, 0.4) is 0 Å². The van der Waals surface area contributed by atoms with Crippen LogP contribution in [-0.2, 0) is 6.42 Å². The normalized spacial score (nSPS) is 23.6. The lowest BCUT2D eigenvalue weighted by Crippen LogP contribution is -2.47. The molecule has 120 valence electrons. The molecule has 4 heteroatoms. The Balaban J connectivity index is 1.92. The number of hydrogen-bond acceptors (Lipinski definition) is 3. The molecule has 3 nitrogen and oxygen atoms in total. The third kappa shape index (κ3) is 2.20. The van der Waals surface area contributed by atoms with Gasteiger partial charge in [0.15, 0.2) is 0 Å². The Morgan fingerprint density at radius 3 is 3.04 bits per heavy atom. The average Bonchev–Trinajstić information content (AvgIpc) is 2.84. The maximum Gasteiger partial charge on any atom is 0.0854 e. The van der Waals surface area contributed by atoms with E-state index in [1.54, 1.807) is 0 Å². The van der Waals surface area contributed by atoms with Gasteiger partial charge in [-0.05, 0) is 75.1 Å². The number of rotatable bonds is 3. The van der Waals surface area contributed by atoms with E-state index in [4.69, 9.17) is 12.2 Å². The van der Waals surface area contributed by atoms with Crippen LogP contribution in [0.25, 0.3) is 10.9 Å². The van der Waals surface area contributed by atoms with Crippen molar-refractivity contribution in [2.45, 2.75) is 51.5 Å². The summed E-state index contributed by atoms with van der Waals surface area (Å²) in [4.78, 5) is 2.72. The van der Waals surface area contributed by atoms with E-state index in [9.17, 15) is 0 Å². The first-order valence-electron chi connectivity index (χ1n) is 8.71. The molecule has 2 aliphatic rings. The van der Waals surface area contributed by atoms with E-state index in [1.165, 1.54) is 60.1 Å². The van der Waals surface area contributed by atoms with E-state index < -0.39 is 0 Å². The fourth-order valence-electron chi connectivity index (χ4n) is 4.82. The van der Waals surface area contributed by atoms with E-state index in [-0.39, 0.29) is 0 Å². The monoisotopic (exact) mass is 325 g/mol. The number of benzene rings is 1. The summed E-state index contributed by atoms with van der Waals surface area (Å²) in [6, 6.07) is 7.33. The number of isothiocyanates is 1. The molecule has 1 aliphatic carbocycles. The van der Waals surface area contributed by atoms with E-state index >= 15 is 0 Å². The van der Waals surface area contributed by atoms with Crippen LogP contribution < -0.4 is 0 Å². The van der Waals surface area contributed by atoms with Crippen molar-refractivity contribution in [2.24, 2.45) is 5.10 Å². The maximum absolute atomic E-state index is 4.86. The lowest BCUT2D eigenvalue weighted by atomic mass is 9.74. The minimum absolute atomic E-state index is 0.646. The summed E-state index contributed by atoms with van der Waals surface area (Å²) in [5.74, 6) is 0.665. The Labute approximate surface area is 143 Å². The van der Waals surface area contributed by atoms with Crippen LogP contribution in [-0.4, -0.2) is 33.9 Å². The summed E-state index contributed by atoms with van der Waals surface area (Å²) in [5.41, 5.74) is 5.41. The molecular weight excluding hydrogens is 302 g/mol. The van der Waals surface area contributed by atoms with Crippen LogP contribution in [0, 0.1) is 6.92 Å². The highest BCUT2D eigenvalue weighted by Crippen LogP contribution is 2.45. The van der Waals surface area contributed by atoms with E-state index in [1.807, 2.05) is 4.68 Å². The lowest BCUT2D eigenvalue weighted by Gasteiger charge is -2.44. The molecule has 23 heavy (non-hydrogen) atoms. The third-order valence-corrected chi connectivity index (χ3v) is 5.80. The fraction of sp³-hybridized carbons (Fsp3) is 0.526. The number of fused-ring (bicyclic) bond motifs is 2. The van der Waals surface area contributed by atoms with Gasteiger partial charge in [-0.3, -0.25) is 4.90 Å². The highest BCUT2D eigenvalue weighted by atomic mass is 32.1. The lowest BCUT2D eigenvalue weighted by molar-refractivity contribution is 0.124. The Morgan fingerprint density at radius 2 is 2.26 bits per heavy atom. The standard InChI is InChI=1S/C19H23N3S/c1-3-9-21-10-5-7-14-15-6-4-8-17-19(15)16(11-18(14)21)13(2)22(17)20-12-23/h4,6,8,14,18H,3,5,7,9-11H2,1-2H3/t14?,18-/m1/s1. The second-order valence-electron chi connectivity index (χ2n) is 6.86. The van der Waals surface area contributed by atoms with Crippen LogP contribution in [0.2, 0.25) is 0 Å². The molecular formula is C19H23N3S. The second-order valence-corrected chi connectivity index (χ2v) is 7.05. The van der Waals surface area contributed by atoms with Crippen LogP contribution in [0.1, 0.15) is 48.9 Å². The number of thiocarbonyl (C=S) groups is 1. The molecule has 0 radical (unpaired) electrons. The molecule has 1 fully saturated rings. The molecule has 1 aromatic heterocycles. The summed E-state index contributed by atoms with van der Waals surface area (Å²) in [6.07, 6.45) is 4.99. The number of aromatic nitrogens is 1. The predicted octanol–water partition coefficient (Wildman–Crippen LogP) is 4.33. The number of hydrogen-bond donors (Lipinski definition) is 0. The van der Waals surface area contributed by atoms with Crippen molar-refractivity contribution in [2.75, 3.05) is 13.1 Å². The number of nitrogens with zero attached hydrogens (tertiary/aromatic N) is 3. The summed E-state index contributed by atoms with van der Waals surface area (Å²) in [6.45, 7) is 6.92. The quantitative estimate of drug-likeness (QED) is 0.618. The molecule has 0 bridgehead atoms. The van der Waals surface area contributed by atoms with Crippen molar-refractivity contribution in [1.29, 1.82) is 0 Å². The van der Waals surface area contributed by atoms with E-state index in [2.05, 4.69) is 47.2 Å². The first-order valence-corrected chi connectivity index (χ1v) is 9.12. The van der Waals surface area contributed by atoms with Gasteiger partial charge in [-0.2, -0.15) is 0 Å². The van der Waals surface area contributed by atoms with Gasteiger partial charge >= 0.3 is 0 Å². The Morgan fingerprint density at radius 1 is 1.39 bits per heavy atom. The molecule has 0 amide bonds. The molecule has 4 rings (SSSR count). The summed E-state index contributed by atoms with van der Waals surface area (Å²) in [5, 5.41) is 8.29. The molecule has 0 saturated carbocycles. The van der Waals surface area contributed by atoms with Crippen molar-refractivity contribution in [3.8, 4) is 0 Å². The highest BCUT2D eigenvalue weighted by molar-refractivity contribution is 7.78. The van der Waals surface area contributed by atoms with Gasteiger partial charge in [0.2, 0.25) is 0 Å².